The van der Waals surface area contributed by atoms with Crippen molar-refractivity contribution in [2.75, 3.05) is 17.2 Å². The van der Waals surface area contributed by atoms with E-state index in [4.69, 9.17) is 4.74 Å². The number of nitrogens with one attached hydrogen (secondary N) is 3. The van der Waals surface area contributed by atoms with Crippen molar-refractivity contribution in [3.05, 3.63) is 59.2 Å². The lowest BCUT2D eigenvalue weighted by atomic mass is 10.1. The van der Waals surface area contributed by atoms with Crippen molar-refractivity contribution in [3.63, 3.8) is 0 Å². The highest BCUT2D eigenvalue weighted by Gasteiger charge is 2.12. The van der Waals surface area contributed by atoms with E-state index in [-0.39, 0.29) is 12.3 Å². The quantitative estimate of drug-likeness (QED) is 0.649. The van der Waals surface area contributed by atoms with Crippen LogP contribution in [0.15, 0.2) is 42.5 Å². The molecular formula is C21H23N3O5. The standard InChI is InChI=1S/C21H23N3O5/c1-13-4-9-18(14(2)10-13)23-21(28)24-19(26)12-29-20(27)11-16-5-7-17(8-6-16)22-15(3)25/h4-10H,11-12H2,1-3H3,(H,22,25)(H2,23,24,26,28). The molecule has 2 aromatic rings. The maximum Gasteiger partial charge on any atom is 0.325 e. The Balaban J connectivity index is 1.75. The number of carbonyl (C=O) groups is 4. The molecule has 0 spiro atoms. The van der Waals surface area contributed by atoms with Gasteiger partial charge in [-0.3, -0.25) is 19.7 Å². The zero-order valence-corrected chi connectivity index (χ0v) is 16.5. The summed E-state index contributed by atoms with van der Waals surface area (Å²) in [5.74, 6) is -1.53. The lowest BCUT2D eigenvalue weighted by Gasteiger charge is -2.10. The van der Waals surface area contributed by atoms with Crippen LogP contribution in [0.1, 0.15) is 23.6 Å². The van der Waals surface area contributed by atoms with Crippen molar-refractivity contribution in [1.29, 1.82) is 0 Å². The minimum absolute atomic E-state index is 0.0393. The molecule has 29 heavy (non-hydrogen) atoms. The Bertz CT molecular complexity index is 922. The molecule has 4 amide bonds. The van der Waals surface area contributed by atoms with E-state index in [1.54, 1.807) is 30.3 Å². The van der Waals surface area contributed by atoms with Crippen molar-refractivity contribution < 1.29 is 23.9 Å². The molecule has 2 aromatic carbocycles. The molecule has 0 radical (unpaired) electrons. The highest BCUT2D eigenvalue weighted by atomic mass is 16.5. The van der Waals surface area contributed by atoms with E-state index in [0.717, 1.165) is 11.1 Å². The van der Waals surface area contributed by atoms with Gasteiger partial charge in [-0.1, -0.05) is 29.8 Å². The number of carbonyl (C=O) groups excluding carboxylic acids is 4. The number of hydrogen-bond donors (Lipinski definition) is 3. The second-order valence-corrected chi connectivity index (χ2v) is 6.54. The largest absolute Gasteiger partial charge is 0.455 e. The Hall–Kier alpha value is -3.68. The smallest absolute Gasteiger partial charge is 0.325 e. The van der Waals surface area contributed by atoms with Gasteiger partial charge in [0.2, 0.25) is 5.91 Å². The number of esters is 1. The molecule has 0 saturated heterocycles. The van der Waals surface area contributed by atoms with Gasteiger partial charge in [-0.25, -0.2) is 4.79 Å². The van der Waals surface area contributed by atoms with Crippen molar-refractivity contribution >= 4 is 35.2 Å². The fraction of sp³-hybridized carbons (Fsp3) is 0.238. The minimum Gasteiger partial charge on any atom is -0.455 e. The van der Waals surface area contributed by atoms with Gasteiger partial charge >= 0.3 is 12.0 Å². The average molecular weight is 397 g/mol. The number of amides is 4. The summed E-state index contributed by atoms with van der Waals surface area (Å²) in [6.07, 6.45) is -0.0393. The molecule has 0 aliphatic rings. The molecule has 2 rings (SSSR count). The van der Waals surface area contributed by atoms with Crippen molar-refractivity contribution in [1.82, 2.24) is 5.32 Å². The van der Waals surface area contributed by atoms with E-state index in [1.807, 2.05) is 26.0 Å². The molecule has 0 heterocycles. The molecular weight excluding hydrogens is 374 g/mol. The number of hydrogen-bond acceptors (Lipinski definition) is 5. The molecule has 0 fully saturated rings. The second kappa shape index (κ2) is 10.0. The molecule has 0 aromatic heterocycles. The van der Waals surface area contributed by atoms with E-state index in [9.17, 15) is 19.2 Å². The van der Waals surface area contributed by atoms with Gasteiger partial charge in [0.25, 0.3) is 5.91 Å². The van der Waals surface area contributed by atoms with E-state index in [2.05, 4.69) is 16.0 Å². The van der Waals surface area contributed by atoms with Gasteiger partial charge in [0, 0.05) is 18.3 Å². The average Bonchev–Trinajstić information content (AvgIpc) is 2.63. The van der Waals surface area contributed by atoms with Crippen LogP contribution < -0.4 is 16.0 Å². The van der Waals surface area contributed by atoms with Crippen LogP contribution >= 0.6 is 0 Å². The molecule has 3 N–H and O–H groups in total. The zero-order chi connectivity index (χ0) is 21.4. The van der Waals surface area contributed by atoms with E-state index in [0.29, 0.717) is 16.9 Å². The van der Waals surface area contributed by atoms with Gasteiger partial charge in [0.15, 0.2) is 6.61 Å². The van der Waals surface area contributed by atoms with Crippen molar-refractivity contribution in [2.24, 2.45) is 0 Å². The molecule has 0 saturated carbocycles. The Morgan fingerprint density at radius 2 is 1.62 bits per heavy atom. The van der Waals surface area contributed by atoms with Gasteiger partial charge in [-0.05, 0) is 43.2 Å². The van der Waals surface area contributed by atoms with Crippen LogP contribution in [0.4, 0.5) is 16.2 Å². The predicted molar refractivity (Wildman–Crippen MR) is 108 cm³/mol. The number of urea groups is 1. The SMILES string of the molecule is CC(=O)Nc1ccc(CC(=O)OCC(=O)NC(=O)Nc2ccc(C)cc2C)cc1. The topological polar surface area (TPSA) is 114 Å². The second-order valence-electron chi connectivity index (χ2n) is 6.54. The zero-order valence-electron chi connectivity index (χ0n) is 16.5. The Kier molecular flexibility index (Phi) is 7.47. The fourth-order valence-corrected chi connectivity index (χ4v) is 2.54. The number of aryl methyl sites for hydroxylation is 2. The van der Waals surface area contributed by atoms with Gasteiger partial charge in [0.05, 0.1) is 6.42 Å². The van der Waals surface area contributed by atoms with Crippen LogP contribution in [0.5, 0.6) is 0 Å². The van der Waals surface area contributed by atoms with Crippen LogP contribution in [0.2, 0.25) is 0 Å². The lowest BCUT2D eigenvalue weighted by molar-refractivity contribution is -0.147. The maximum absolute atomic E-state index is 11.9. The Morgan fingerprint density at radius 1 is 0.931 bits per heavy atom. The first-order valence-electron chi connectivity index (χ1n) is 8.93. The van der Waals surface area contributed by atoms with Gasteiger partial charge in [-0.15, -0.1) is 0 Å². The molecule has 0 aliphatic heterocycles. The maximum atomic E-state index is 11.9. The predicted octanol–water partition coefficient (Wildman–Crippen LogP) is 2.70. The first-order valence-corrected chi connectivity index (χ1v) is 8.93. The summed E-state index contributed by atoms with van der Waals surface area (Å²) in [5.41, 5.74) is 3.78. The molecule has 8 nitrogen and oxygen atoms in total. The summed E-state index contributed by atoms with van der Waals surface area (Å²) >= 11 is 0. The third-order valence-corrected chi connectivity index (χ3v) is 3.87. The summed E-state index contributed by atoms with van der Waals surface area (Å²) in [6.45, 7) is 4.61. The number of benzene rings is 2. The van der Waals surface area contributed by atoms with Crippen LogP contribution in [-0.2, 0) is 25.5 Å². The molecule has 0 atom stereocenters. The van der Waals surface area contributed by atoms with E-state index < -0.39 is 24.5 Å². The van der Waals surface area contributed by atoms with Crippen molar-refractivity contribution in [2.45, 2.75) is 27.2 Å². The summed E-state index contributed by atoms with van der Waals surface area (Å²) in [7, 11) is 0. The molecule has 0 bridgehead atoms. The number of rotatable bonds is 6. The summed E-state index contributed by atoms with van der Waals surface area (Å²) in [4.78, 5) is 46.5. The Labute approximate surface area is 168 Å². The summed E-state index contributed by atoms with van der Waals surface area (Å²) in [6, 6.07) is 11.4. The van der Waals surface area contributed by atoms with E-state index >= 15 is 0 Å². The number of anilines is 2. The van der Waals surface area contributed by atoms with Gasteiger partial charge in [-0.2, -0.15) is 0 Å². The summed E-state index contributed by atoms with van der Waals surface area (Å²) in [5, 5.41) is 7.30. The van der Waals surface area contributed by atoms with Crippen LogP contribution in [-0.4, -0.2) is 30.4 Å². The minimum atomic E-state index is -0.735. The third-order valence-electron chi connectivity index (χ3n) is 3.87. The van der Waals surface area contributed by atoms with Crippen LogP contribution in [0.25, 0.3) is 0 Å². The van der Waals surface area contributed by atoms with Crippen LogP contribution in [0.3, 0.4) is 0 Å². The number of ether oxygens (including phenoxy) is 1. The van der Waals surface area contributed by atoms with E-state index in [1.165, 1.54) is 6.92 Å². The monoisotopic (exact) mass is 397 g/mol. The molecule has 152 valence electrons. The van der Waals surface area contributed by atoms with Crippen LogP contribution in [0, 0.1) is 13.8 Å². The molecule has 8 heteroatoms. The fourth-order valence-electron chi connectivity index (χ4n) is 2.54. The van der Waals surface area contributed by atoms with Gasteiger partial charge in [0.1, 0.15) is 0 Å². The molecule has 0 aliphatic carbocycles. The highest BCUT2D eigenvalue weighted by Crippen LogP contribution is 2.15. The van der Waals surface area contributed by atoms with Gasteiger partial charge < -0.3 is 15.4 Å². The summed E-state index contributed by atoms with van der Waals surface area (Å²) < 4.78 is 4.89. The third kappa shape index (κ3) is 7.45. The first kappa shape index (κ1) is 21.6. The highest BCUT2D eigenvalue weighted by molar-refractivity contribution is 6.02. The molecule has 0 unspecified atom stereocenters. The first-order chi connectivity index (χ1) is 13.7. The number of imide groups is 1. The normalized spacial score (nSPS) is 10.0. The van der Waals surface area contributed by atoms with Crippen molar-refractivity contribution in [3.8, 4) is 0 Å². The Morgan fingerprint density at radius 3 is 2.24 bits per heavy atom. The lowest BCUT2D eigenvalue weighted by Crippen LogP contribution is -2.37.